The molecule has 0 unspecified atom stereocenters. The molecule has 0 bridgehead atoms. The van der Waals surface area contributed by atoms with E-state index in [0.29, 0.717) is 0 Å². The van der Waals surface area contributed by atoms with Gasteiger partial charge in [-0.25, -0.2) is 9.78 Å². The molecule has 1 aromatic heterocycles. The highest BCUT2D eigenvalue weighted by Crippen LogP contribution is 2.15. The smallest absolute Gasteiger partial charge is 0.338 e. The normalized spacial score (nSPS) is 9.77. The van der Waals surface area contributed by atoms with Crippen LogP contribution in [0.5, 0.6) is 0 Å². The first kappa shape index (κ1) is 10.1. The number of hydrogen-bond donors (Lipinski definition) is 0. The quantitative estimate of drug-likeness (QED) is 0.456. The Bertz CT molecular complexity index is 330. The van der Waals surface area contributed by atoms with Gasteiger partial charge in [0, 0.05) is 17.1 Å². The predicted octanol–water partition coefficient (Wildman–Crippen LogP) is 1.90. The van der Waals surface area contributed by atoms with Gasteiger partial charge in [0.05, 0.1) is 12.7 Å². The van der Waals surface area contributed by atoms with Crippen LogP contribution >= 0.6 is 15.9 Å². The van der Waals surface area contributed by atoms with Crippen molar-refractivity contribution in [2.24, 2.45) is 0 Å². The Labute approximate surface area is 83.1 Å². The molecule has 13 heavy (non-hydrogen) atoms. The van der Waals surface area contributed by atoms with Crippen LogP contribution in [0.2, 0.25) is 0 Å². The Morgan fingerprint density at radius 2 is 2.46 bits per heavy atom. The van der Waals surface area contributed by atoms with Crippen LogP contribution in [0.1, 0.15) is 15.9 Å². The average molecular weight is 248 g/mol. The lowest BCUT2D eigenvalue weighted by molar-refractivity contribution is 0.0599. The highest BCUT2D eigenvalue weighted by atomic mass is 79.9. The Morgan fingerprint density at radius 1 is 1.77 bits per heavy atom. The SMILES string of the molecule is COC(=O)c1ccnc(F)c1CBr. The summed E-state index contributed by atoms with van der Waals surface area (Å²) in [6, 6.07) is 1.42. The molecule has 5 heteroatoms. The van der Waals surface area contributed by atoms with E-state index in [-0.39, 0.29) is 16.5 Å². The first-order chi connectivity index (χ1) is 6.20. The molecule has 0 saturated heterocycles. The number of nitrogens with zero attached hydrogens (tertiary/aromatic N) is 1. The zero-order valence-electron chi connectivity index (χ0n) is 6.88. The number of methoxy groups -OCH3 is 1. The Morgan fingerprint density at radius 3 is 3.00 bits per heavy atom. The first-order valence-corrected chi connectivity index (χ1v) is 4.60. The number of carbonyl (C=O) groups excluding carboxylic acids is 1. The summed E-state index contributed by atoms with van der Waals surface area (Å²) in [5, 5.41) is 0.233. The summed E-state index contributed by atoms with van der Waals surface area (Å²) in [7, 11) is 1.25. The maximum absolute atomic E-state index is 13.0. The molecule has 1 rings (SSSR count). The van der Waals surface area contributed by atoms with Gasteiger partial charge in [0.1, 0.15) is 0 Å². The third-order valence-corrected chi connectivity index (χ3v) is 2.10. The fraction of sp³-hybridized carbons (Fsp3) is 0.250. The standard InChI is InChI=1S/C8H7BrFNO2/c1-13-8(12)5-2-3-11-7(10)6(5)4-9/h2-3H,4H2,1H3. The molecule has 1 aromatic rings. The molecule has 0 N–H and O–H groups in total. The molecule has 0 saturated carbocycles. The van der Waals surface area contributed by atoms with Crippen molar-refractivity contribution in [3.05, 3.63) is 29.3 Å². The van der Waals surface area contributed by atoms with Gasteiger partial charge in [-0.15, -0.1) is 0 Å². The summed E-state index contributed by atoms with van der Waals surface area (Å²) < 4.78 is 17.5. The highest BCUT2D eigenvalue weighted by Gasteiger charge is 2.14. The van der Waals surface area contributed by atoms with Crippen molar-refractivity contribution in [1.82, 2.24) is 4.98 Å². The molecule has 0 radical (unpaired) electrons. The van der Waals surface area contributed by atoms with Gasteiger partial charge in [0.15, 0.2) is 0 Å². The van der Waals surface area contributed by atoms with Gasteiger partial charge in [-0.1, -0.05) is 15.9 Å². The van der Waals surface area contributed by atoms with Crippen molar-refractivity contribution < 1.29 is 13.9 Å². The molecule has 1 heterocycles. The third-order valence-electron chi connectivity index (χ3n) is 1.54. The largest absolute Gasteiger partial charge is 0.465 e. The van der Waals surface area contributed by atoms with Crippen molar-refractivity contribution in [3.63, 3.8) is 0 Å². The maximum atomic E-state index is 13.0. The fourth-order valence-electron chi connectivity index (χ4n) is 0.895. The van der Waals surface area contributed by atoms with E-state index < -0.39 is 11.9 Å². The molecular weight excluding hydrogens is 241 g/mol. The Hall–Kier alpha value is -0.970. The summed E-state index contributed by atoms with van der Waals surface area (Å²) in [5.41, 5.74) is 0.418. The third kappa shape index (κ3) is 2.03. The number of hydrogen-bond acceptors (Lipinski definition) is 3. The molecule has 0 spiro atoms. The van der Waals surface area contributed by atoms with E-state index in [4.69, 9.17) is 0 Å². The summed E-state index contributed by atoms with van der Waals surface area (Å²) >= 11 is 3.07. The van der Waals surface area contributed by atoms with Crippen LogP contribution < -0.4 is 0 Å². The van der Waals surface area contributed by atoms with Crippen molar-refractivity contribution in [3.8, 4) is 0 Å². The molecular formula is C8H7BrFNO2. The fourth-order valence-corrected chi connectivity index (χ4v) is 1.43. The Kier molecular flexibility index (Phi) is 3.36. The first-order valence-electron chi connectivity index (χ1n) is 3.48. The van der Waals surface area contributed by atoms with E-state index >= 15 is 0 Å². The van der Waals surface area contributed by atoms with Crippen LogP contribution in [0.15, 0.2) is 12.3 Å². The minimum atomic E-state index is -0.653. The van der Waals surface area contributed by atoms with E-state index in [1.54, 1.807) is 0 Å². The van der Waals surface area contributed by atoms with E-state index in [1.165, 1.54) is 19.4 Å². The van der Waals surface area contributed by atoms with Gasteiger partial charge in [-0.05, 0) is 6.07 Å². The van der Waals surface area contributed by atoms with Gasteiger partial charge in [0.25, 0.3) is 0 Å². The molecule has 0 aliphatic heterocycles. The molecule has 0 amide bonds. The number of aromatic nitrogens is 1. The summed E-state index contributed by atoms with van der Waals surface area (Å²) in [6.45, 7) is 0. The summed E-state index contributed by atoms with van der Waals surface area (Å²) in [5.74, 6) is -1.21. The molecule has 3 nitrogen and oxygen atoms in total. The van der Waals surface area contributed by atoms with Crippen molar-refractivity contribution in [1.29, 1.82) is 0 Å². The molecule has 0 aliphatic carbocycles. The topological polar surface area (TPSA) is 39.2 Å². The average Bonchev–Trinajstić information content (AvgIpc) is 2.16. The van der Waals surface area contributed by atoms with Crippen LogP contribution in [0.3, 0.4) is 0 Å². The number of carbonyl (C=O) groups is 1. The van der Waals surface area contributed by atoms with Crippen molar-refractivity contribution in [2.75, 3.05) is 7.11 Å². The van der Waals surface area contributed by atoms with Gasteiger partial charge in [-0.3, -0.25) is 0 Å². The number of pyridine rings is 1. The Balaban J connectivity index is 3.20. The van der Waals surface area contributed by atoms with Crippen LogP contribution in [-0.4, -0.2) is 18.1 Å². The number of esters is 1. The number of ether oxygens (including phenoxy) is 1. The van der Waals surface area contributed by atoms with Crippen LogP contribution in [-0.2, 0) is 10.1 Å². The van der Waals surface area contributed by atoms with E-state index in [9.17, 15) is 9.18 Å². The minimum Gasteiger partial charge on any atom is -0.465 e. The summed E-state index contributed by atoms with van der Waals surface area (Å²) in [4.78, 5) is 14.5. The van der Waals surface area contributed by atoms with Crippen molar-refractivity contribution >= 4 is 21.9 Å². The molecule has 0 aromatic carbocycles. The monoisotopic (exact) mass is 247 g/mol. The van der Waals surface area contributed by atoms with Gasteiger partial charge in [-0.2, -0.15) is 4.39 Å². The van der Waals surface area contributed by atoms with E-state index in [0.717, 1.165) is 0 Å². The van der Waals surface area contributed by atoms with Crippen LogP contribution in [0.4, 0.5) is 4.39 Å². The lowest BCUT2D eigenvalue weighted by Crippen LogP contribution is -2.07. The van der Waals surface area contributed by atoms with E-state index in [2.05, 4.69) is 25.7 Å². The van der Waals surface area contributed by atoms with Crippen molar-refractivity contribution in [2.45, 2.75) is 5.33 Å². The molecule has 0 atom stereocenters. The number of alkyl halides is 1. The molecule has 0 fully saturated rings. The van der Waals surface area contributed by atoms with Crippen LogP contribution in [0, 0.1) is 5.95 Å². The lowest BCUT2D eigenvalue weighted by atomic mass is 10.1. The zero-order valence-corrected chi connectivity index (χ0v) is 8.47. The van der Waals surface area contributed by atoms with Crippen LogP contribution in [0.25, 0.3) is 0 Å². The number of halogens is 2. The van der Waals surface area contributed by atoms with E-state index in [1.807, 2.05) is 0 Å². The second-order valence-corrected chi connectivity index (χ2v) is 2.81. The van der Waals surface area contributed by atoms with Gasteiger partial charge >= 0.3 is 5.97 Å². The second kappa shape index (κ2) is 4.32. The number of rotatable bonds is 2. The molecule has 70 valence electrons. The molecule has 0 aliphatic rings. The highest BCUT2D eigenvalue weighted by molar-refractivity contribution is 9.08. The van der Waals surface area contributed by atoms with Gasteiger partial charge in [0.2, 0.25) is 5.95 Å². The van der Waals surface area contributed by atoms with Gasteiger partial charge < -0.3 is 4.74 Å². The zero-order chi connectivity index (χ0) is 9.84. The lowest BCUT2D eigenvalue weighted by Gasteiger charge is -2.04. The predicted molar refractivity (Wildman–Crippen MR) is 48.2 cm³/mol. The minimum absolute atomic E-state index is 0.201. The maximum Gasteiger partial charge on any atom is 0.338 e. The summed E-state index contributed by atoms with van der Waals surface area (Å²) in [6.07, 6.45) is 1.23. The second-order valence-electron chi connectivity index (χ2n) is 2.25.